The van der Waals surface area contributed by atoms with Crippen molar-refractivity contribution in [2.75, 3.05) is 12.0 Å². The summed E-state index contributed by atoms with van der Waals surface area (Å²) in [4.78, 5) is 31.0. The second-order valence-corrected chi connectivity index (χ2v) is 11.5. The Bertz CT molecular complexity index is 1340. The first-order valence-corrected chi connectivity index (χ1v) is 13.4. The molecule has 5 rings (SSSR count). The number of carbonyl (C=O) groups excluding carboxylic acids is 2. The fourth-order valence-corrected chi connectivity index (χ4v) is 5.45. The van der Waals surface area contributed by atoms with Crippen molar-refractivity contribution in [2.45, 2.75) is 70.2 Å². The summed E-state index contributed by atoms with van der Waals surface area (Å²) in [6, 6.07) is 25.0. The number of β-lactam (4-membered cyclic amide) rings is 1. The van der Waals surface area contributed by atoms with Crippen molar-refractivity contribution < 1.29 is 28.5 Å². The summed E-state index contributed by atoms with van der Waals surface area (Å²) in [6.45, 7) is 9.18. The van der Waals surface area contributed by atoms with Gasteiger partial charge in [-0.05, 0) is 76.6 Å². The number of anilines is 1. The number of ether oxygens (including phenoxy) is 4. The Balaban J connectivity index is 1.63. The molecule has 4 atom stereocenters. The second kappa shape index (κ2) is 10.5. The van der Waals surface area contributed by atoms with Crippen LogP contribution < -0.4 is 14.4 Å². The molecule has 0 bridgehead atoms. The van der Waals surface area contributed by atoms with Crippen molar-refractivity contribution in [3.63, 3.8) is 0 Å². The Morgan fingerprint density at radius 3 is 2.02 bits per heavy atom. The zero-order valence-corrected chi connectivity index (χ0v) is 23.7. The van der Waals surface area contributed by atoms with Crippen molar-refractivity contribution in [1.82, 2.24) is 4.90 Å². The fourth-order valence-electron chi connectivity index (χ4n) is 5.45. The minimum absolute atomic E-state index is 0.209. The maximum absolute atomic E-state index is 13.8. The molecular formula is C32H36N2O6. The molecule has 210 valence electrons. The molecular weight excluding hydrogens is 508 g/mol. The van der Waals surface area contributed by atoms with Gasteiger partial charge in [-0.1, -0.05) is 48.5 Å². The highest BCUT2D eigenvalue weighted by Gasteiger charge is 2.64. The first kappa shape index (κ1) is 27.5. The highest BCUT2D eigenvalue weighted by Crippen LogP contribution is 2.48. The van der Waals surface area contributed by atoms with E-state index in [1.807, 2.05) is 107 Å². The number of benzene rings is 3. The summed E-state index contributed by atoms with van der Waals surface area (Å²) in [6.07, 6.45) is -1.93. The number of amides is 2. The van der Waals surface area contributed by atoms with Gasteiger partial charge in [-0.3, -0.25) is 14.6 Å². The van der Waals surface area contributed by atoms with Crippen LogP contribution in [0.25, 0.3) is 0 Å². The number of hydrogen-bond acceptors (Lipinski definition) is 6. The van der Waals surface area contributed by atoms with Gasteiger partial charge in [-0.15, -0.1) is 0 Å². The van der Waals surface area contributed by atoms with E-state index in [9.17, 15) is 9.59 Å². The summed E-state index contributed by atoms with van der Waals surface area (Å²) in [5, 5.41) is 0. The lowest BCUT2D eigenvalue weighted by atomic mass is 9.84. The van der Waals surface area contributed by atoms with Gasteiger partial charge in [0.2, 0.25) is 0 Å². The summed E-state index contributed by atoms with van der Waals surface area (Å²) in [5.74, 6) is 1.03. The van der Waals surface area contributed by atoms with Gasteiger partial charge < -0.3 is 18.9 Å². The predicted octanol–water partition coefficient (Wildman–Crippen LogP) is 5.97. The van der Waals surface area contributed by atoms with Crippen molar-refractivity contribution in [1.29, 1.82) is 0 Å². The van der Waals surface area contributed by atoms with E-state index in [4.69, 9.17) is 18.9 Å². The Kier molecular flexibility index (Phi) is 7.23. The number of methoxy groups -OCH3 is 1. The normalized spacial score (nSPS) is 23.9. The van der Waals surface area contributed by atoms with E-state index in [0.29, 0.717) is 17.2 Å². The Morgan fingerprint density at radius 2 is 1.45 bits per heavy atom. The molecule has 0 spiro atoms. The van der Waals surface area contributed by atoms with E-state index in [0.717, 1.165) is 5.56 Å². The molecule has 2 heterocycles. The molecule has 3 aromatic rings. The second-order valence-electron chi connectivity index (χ2n) is 11.5. The summed E-state index contributed by atoms with van der Waals surface area (Å²) in [7, 11) is 1.59. The number of hydrogen-bond donors (Lipinski definition) is 0. The van der Waals surface area contributed by atoms with E-state index in [2.05, 4.69) is 0 Å². The molecule has 0 aliphatic carbocycles. The largest absolute Gasteiger partial charge is 0.497 e. The van der Waals surface area contributed by atoms with Crippen LogP contribution in [0.15, 0.2) is 84.9 Å². The summed E-state index contributed by atoms with van der Waals surface area (Å²) in [5.41, 5.74) is -0.203. The van der Waals surface area contributed by atoms with Crippen molar-refractivity contribution in [3.8, 4) is 11.5 Å². The van der Waals surface area contributed by atoms with E-state index >= 15 is 0 Å². The van der Waals surface area contributed by atoms with E-state index in [1.165, 1.54) is 0 Å². The van der Waals surface area contributed by atoms with Gasteiger partial charge in [-0.2, -0.15) is 0 Å². The third kappa shape index (κ3) is 5.23. The Labute approximate surface area is 235 Å². The molecule has 2 aliphatic heterocycles. The smallest absolute Gasteiger partial charge is 0.412 e. The topological polar surface area (TPSA) is 77.5 Å². The third-order valence-corrected chi connectivity index (χ3v) is 7.12. The van der Waals surface area contributed by atoms with Gasteiger partial charge in [0.1, 0.15) is 35.0 Å². The molecule has 2 aliphatic rings. The quantitative estimate of drug-likeness (QED) is 0.356. The molecule has 0 radical (unpaired) electrons. The molecule has 0 aromatic heterocycles. The lowest BCUT2D eigenvalue weighted by molar-refractivity contribution is -0.137. The standard InChI is InChI=1S/C32H36N2O6/c1-31(2,3)40-30(36)34-26(27(39-32(34,4)5)21-13-9-7-10-14-21)25-28(38-24-15-11-8-12-16-24)29(35)33(25)22-17-19-23(37-6)20-18-22/h7-20,25-28H,1-6H3/t25-,26-,27-,28+/m0/s1. The monoisotopic (exact) mass is 544 g/mol. The van der Waals surface area contributed by atoms with Crippen LogP contribution in [-0.2, 0) is 14.3 Å². The SMILES string of the molecule is COc1ccc(N2C(=O)[C@H](Oc3ccccc3)[C@@H]2[C@H]2[C@H](c3ccccc3)OC(C)(C)N2C(=O)OC(C)(C)C)cc1. The molecule has 40 heavy (non-hydrogen) atoms. The fraction of sp³-hybridized carbons (Fsp3) is 0.375. The van der Waals surface area contributed by atoms with E-state index < -0.39 is 41.7 Å². The molecule has 0 saturated carbocycles. The molecule has 2 amide bonds. The molecule has 0 unspecified atom stereocenters. The molecule has 8 nitrogen and oxygen atoms in total. The number of rotatable bonds is 6. The zero-order chi connectivity index (χ0) is 28.7. The molecule has 8 heteroatoms. The number of nitrogens with zero attached hydrogens (tertiary/aromatic N) is 2. The zero-order valence-electron chi connectivity index (χ0n) is 23.7. The predicted molar refractivity (Wildman–Crippen MR) is 151 cm³/mol. The van der Waals surface area contributed by atoms with Crippen molar-refractivity contribution in [3.05, 3.63) is 90.5 Å². The van der Waals surface area contributed by atoms with Gasteiger partial charge in [0, 0.05) is 5.69 Å². The van der Waals surface area contributed by atoms with Gasteiger partial charge in [-0.25, -0.2) is 4.79 Å². The number of para-hydroxylation sites is 1. The van der Waals surface area contributed by atoms with Gasteiger partial charge >= 0.3 is 6.09 Å². The average molecular weight is 545 g/mol. The van der Waals surface area contributed by atoms with Crippen LogP contribution in [0.1, 0.15) is 46.3 Å². The van der Waals surface area contributed by atoms with Gasteiger partial charge in [0.25, 0.3) is 5.91 Å². The van der Waals surface area contributed by atoms with E-state index in [1.54, 1.807) is 29.0 Å². The van der Waals surface area contributed by atoms with Crippen LogP contribution >= 0.6 is 0 Å². The van der Waals surface area contributed by atoms with Crippen LogP contribution in [-0.4, -0.2) is 53.5 Å². The average Bonchev–Trinajstić information content (AvgIpc) is 3.20. The van der Waals surface area contributed by atoms with E-state index in [-0.39, 0.29) is 5.91 Å². The maximum atomic E-state index is 13.8. The lowest BCUT2D eigenvalue weighted by Crippen LogP contribution is -2.74. The van der Waals surface area contributed by atoms with Crippen LogP contribution in [0.4, 0.5) is 10.5 Å². The summed E-state index contributed by atoms with van der Waals surface area (Å²) >= 11 is 0. The Hall–Kier alpha value is -4.04. The minimum Gasteiger partial charge on any atom is -0.497 e. The number of carbonyl (C=O) groups is 2. The summed E-state index contributed by atoms with van der Waals surface area (Å²) < 4.78 is 24.2. The molecule has 2 saturated heterocycles. The molecule has 2 fully saturated rings. The third-order valence-electron chi connectivity index (χ3n) is 7.12. The maximum Gasteiger partial charge on any atom is 0.412 e. The van der Waals surface area contributed by atoms with Crippen molar-refractivity contribution in [2.24, 2.45) is 0 Å². The van der Waals surface area contributed by atoms with Gasteiger partial charge in [0.15, 0.2) is 6.10 Å². The van der Waals surface area contributed by atoms with Gasteiger partial charge in [0.05, 0.1) is 13.2 Å². The van der Waals surface area contributed by atoms with Crippen LogP contribution in [0.5, 0.6) is 11.5 Å². The molecule has 3 aromatic carbocycles. The highest BCUT2D eigenvalue weighted by molar-refractivity contribution is 6.05. The lowest BCUT2D eigenvalue weighted by Gasteiger charge is -2.51. The molecule has 0 N–H and O–H groups in total. The van der Waals surface area contributed by atoms with Crippen LogP contribution in [0.2, 0.25) is 0 Å². The van der Waals surface area contributed by atoms with Crippen molar-refractivity contribution >= 4 is 17.7 Å². The first-order valence-electron chi connectivity index (χ1n) is 13.4. The van der Waals surface area contributed by atoms with Crippen LogP contribution in [0.3, 0.4) is 0 Å². The van der Waals surface area contributed by atoms with Crippen LogP contribution in [0, 0.1) is 0 Å². The minimum atomic E-state index is -1.03. The first-order chi connectivity index (χ1) is 19.0. The highest BCUT2D eigenvalue weighted by atomic mass is 16.6. The Morgan fingerprint density at radius 1 is 0.850 bits per heavy atom.